The van der Waals surface area contributed by atoms with E-state index in [2.05, 4.69) is 22.3 Å². The maximum Gasteiger partial charge on any atom is 0.179 e. The average Bonchev–Trinajstić information content (AvgIpc) is 2.62. The lowest BCUT2D eigenvalue weighted by Gasteiger charge is -2.31. The van der Waals surface area contributed by atoms with Crippen LogP contribution in [0.2, 0.25) is 0 Å². The zero-order valence-corrected chi connectivity index (χ0v) is 13.0. The molecule has 0 bridgehead atoms. The number of benzene rings is 2. The topological polar surface area (TPSA) is 32.3 Å². The number of hydrogen-bond acceptors (Lipinski definition) is 3. The van der Waals surface area contributed by atoms with E-state index in [1.807, 2.05) is 49.4 Å². The van der Waals surface area contributed by atoms with Gasteiger partial charge in [0.1, 0.15) is 0 Å². The minimum Gasteiger partial charge on any atom is -0.314 e. The molecule has 0 amide bonds. The van der Waals surface area contributed by atoms with Gasteiger partial charge in [0.25, 0.3) is 0 Å². The minimum absolute atomic E-state index is 0.0512. The lowest BCUT2D eigenvalue weighted by Crippen LogP contribution is -2.50. The van der Waals surface area contributed by atoms with Gasteiger partial charge in [-0.05, 0) is 18.1 Å². The van der Waals surface area contributed by atoms with Gasteiger partial charge in [0, 0.05) is 31.7 Å². The molecule has 2 aromatic rings. The summed E-state index contributed by atoms with van der Waals surface area (Å²) < 4.78 is 0. The van der Waals surface area contributed by atoms with Crippen molar-refractivity contribution in [2.24, 2.45) is 0 Å². The summed E-state index contributed by atoms with van der Waals surface area (Å²) in [6, 6.07) is 18.1. The number of hydrogen-bond donors (Lipinski definition) is 1. The molecular weight excluding hydrogens is 272 g/mol. The van der Waals surface area contributed by atoms with Crippen LogP contribution in [0, 0.1) is 0 Å². The van der Waals surface area contributed by atoms with Crippen LogP contribution in [0.4, 0.5) is 0 Å². The summed E-state index contributed by atoms with van der Waals surface area (Å²) in [4.78, 5) is 14.9. The van der Waals surface area contributed by atoms with Gasteiger partial charge >= 0.3 is 0 Å². The third-order valence-electron chi connectivity index (χ3n) is 4.36. The summed E-state index contributed by atoms with van der Waals surface area (Å²) in [7, 11) is 0. The number of carbonyl (C=O) groups is 1. The van der Waals surface area contributed by atoms with Gasteiger partial charge in [0.05, 0.1) is 6.04 Å². The largest absolute Gasteiger partial charge is 0.314 e. The molecule has 1 atom stereocenters. The summed E-state index contributed by atoms with van der Waals surface area (Å²) in [5.41, 5.74) is 3.12. The summed E-state index contributed by atoms with van der Waals surface area (Å²) in [6.45, 7) is 5.82. The van der Waals surface area contributed by atoms with Crippen LogP contribution in [0.25, 0.3) is 11.1 Å². The first-order valence-corrected chi connectivity index (χ1v) is 7.90. The summed E-state index contributed by atoms with van der Waals surface area (Å²) >= 11 is 0. The van der Waals surface area contributed by atoms with Crippen molar-refractivity contribution in [3.8, 4) is 11.1 Å². The van der Waals surface area contributed by atoms with E-state index in [1.165, 1.54) is 5.56 Å². The van der Waals surface area contributed by atoms with E-state index in [0.29, 0.717) is 0 Å². The van der Waals surface area contributed by atoms with Crippen LogP contribution in [0.15, 0.2) is 54.6 Å². The fourth-order valence-corrected chi connectivity index (χ4v) is 2.93. The van der Waals surface area contributed by atoms with Crippen molar-refractivity contribution in [2.75, 3.05) is 26.2 Å². The number of nitrogens with one attached hydrogen (secondary N) is 1. The zero-order chi connectivity index (χ0) is 15.4. The standard InChI is InChI=1S/C19H22N2O/c1-15(21-13-11-20-12-14-21)19(22)18-9-7-17(8-10-18)16-5-3-2-4-6-16/h2-10,15,20H,11-14H2,1H3. The Morgan fingerprint density at radius 3 is 2.18 bits per heavy atom. The molecule has 1 unspecified atom stereocenters. The number of ketones is 1. The van der Waals surface area contributed by atoms with Crippen LogP contribution >= 0.6 is 0 Å². The smallest absolute Gasteiger partial charge is 0.179 e. The van der Waals surface area contributed by atoms with Gasteiger partial charge in [-0.1, -0.05) is 54.6 Å². The fraction of sp³-hybridized carbons (Fsp3) is 0.316. The summed E-state index contributed by atoms with van der Waals surface area (Å²) in [5.74, 6) is 0.210. The summed E-state index contributed by atoms with van der Waals surface area (Å²) in [6.07, 6.45) is 0. The Balaban J connectivity index is 1.73. The van der Waals surface area contributed by atoms with Crippen molar-refractivity contribution in [2.45, 2.75) is 13.0 Å². The lowest BCUT2D eigenvalue weighted by molar-refractivity contribution is 0.0820. The van der Waals surface area contributed by atoms with Crippen LogP contribution in [0.1, 0.15) is 17.3 Å². The molecule has 1 heterocycles. The number of Topliss-reactive ketones (excluding diaryl/α,β-unsaturated/α-hetero) is 1. The van der Waals surface area contributed by atoms with E-state index in [-0.39, 0.29) is 11.8 Å². The fourth-order valence-electron chi connectivity index (χ4n) is 2.93. The lowest BCUT2D eigenvalue weighted by atomic mass is 9.99. The van der Waals surface area contributed by atoms with E-state index >= 15 is 0 Å². The minimum atomic E-state index is -0.0512. The molecule has 0 spiro atoms. The van der Waals surface area contributed by atoms with Crippen molar-refractivity contribution in [3.63, 3.8) is 0 Å². The molecule has 1 aliphatic rings. The van der Waals surface area contributed by atoms with Crippen molar-refractivity contribution < 1.29 is 4.79 Å². The molecule has 3 rings (SSSR count). The Labute approximate surface area is 132 Å². The normalized spacial score (nSPS) is 17.1. The van der Waals surface area contributed by atoms with Gasteiger partial charge in [-0.2, -0.15) is 0 Å². The van der Waals surface area contributed by atoms with Crippen molar-refractivity contribution in [3.05, 3.63) is 60.2 Å². The maximum atomic E-state index is 12.6. The highest BCUT2D eigenvalue weighted by molar-refractivity contribution is 6.00. The molecule has 1 fully saturated rings. The van der Waals surface area contributed by atoms with E-state index < -0.39 is 0 Å². The third kappa shape index (κ3) is 3.26. The first-order chi connectivity index (χ1) is 10.8. The predicted octanol–water partition coefficient (Wildman–Crippen LogP) is 2.83. The van der Waals surface area contributed by atoms with Crippen LogP contribution in [0.3, 0.4) is 0 Å². The van der Waals surface area contributed by atoms with Gasteiger partial charge in [-0.25, -0.2) is 0 Å². The molecule has 2 aromatic carbocycles. The molecule has 3 heteroatoms. The van der Waals surface area contributed by atoms with Gasteiger partial charge in [0.2, 0.25) is 0 Å². The van der Waals surface area contributed by atoms with Crippen LogP contribution < -0.4 is 5.32 Å². The number of carbonyl (C=O) groups excluding carboxylic acids is 1. The Bertz CT molecular complexity index is 616. The SMILES string of the molecule is CC(C(=O)c1ccc(-c2ccccc2)cc1)N1CCNCC1. The first kappa shape index (κ1) is 14.9. The van der Waals surface area contributed by atoms with Gasteiger partial charge in [0.15, 0.2) is 5.78 Å². The van der Waals surface area contributed by atoms with E-state index in [1.54, 1.807) is 0 Å². The monoisotopic (exact) mass is 294 g/mol. The van der Waals surface area contributed by atoms with E-state index in [0.717, 1.165) is 37.3 Å². The zero-order valence-electron chi connectivity index (χ0n) is 13.0. The molecule has 0 saturated carbocycles. The van der Waals surface area contributed by atoms with Crippen LogP contribution in [0.5, 0.6) is 0 Å². The summed E-state index contributed by atoms with van der Waals surface area (Å²) in [5, 5.41) is 3.32. The molecular formula is C19H22N2O. The van der Waals surface area contributed by atoms with E-state index in [9.17, 15) is 4.79 Å². The Hall–Kier alpha value is -1.97. The highest BCUT2D eigenvalue weighted by Crippen LogP contribution is 2.20. The molecule has 22 heavy (non-hydrogen) atoms. The van der Waals surface area contributed by atoms with Gasteiger partial charge in [-0.3, -0.25) is 9.69 Å². The molecule has 0 aromatic heterocycles. The maximum absolute atomic E-state index is 12.6. The molecule has 1 aliphatic heterocycles. The van der Waals surface area contributed by atoms with Crippen molar-refractivity contribution in [1.29, 1.82) is 0 Å². The second kappa shape index (κ2) is 6.86. The van der Waals surface area contributed by atoms with Crippen LogP contribution in [-0.4, -0.2) is 42.9 Å². The highest BCUT2D eigenvalue weighted by atomic mass is 16.1. The second-order valence-corrected chi connectivity index (χ2v) is 5.77. The molecule has 1 saturated heterocycles. The Morgan fingerprint density at radius 1 is 0.955 bits per heavy atom. The van der Waals surface area contributed by atoms with Gasteiger partial charge in [-0.15, -0.1) is 0 Å². The molecule has 3 nitrogen and oxygen atoms in total. The van der Waals surface area contributed by atoms with Crippen molar-refractivity contribution in [1.82, 2.24) is 10.2 Å². The van der Waals surface area contributed by atoms with Gasteiger partial charge < -0.3 is 5.32 Å². The third-order valence-corrected chi connectivity index (χ3v) is 4.36. The molecule has 1 N–H and O–H groups in total. The van der Waals surface area contributed by atoms with Crippen molar-refractivity contribution >= 4 is 5.78 Å². The van der Waals surface area contributed by atoms with E-state index in [4.69, 9.17) is 0 Å². The number of piperazine rings is 1. The average molecular weight is 294 g/mol. The number of rotatable bonds is 4. The molecule has 0 radical (unpaired) electrons. The predicted molar refractivity (Wildman–Crippen MR) is 90.1 cm³/mol. The second-order valence-electron chi connectivity index (χ2n) is 5.77. The van der Waals surface area contributed by atoms with Crippen LogP contribution in [-0.2, 0) is 0 Å². The number of nitrogens with zero attached hydrogens (tertiary/aromatic N) is 1. The Morgan fingerprint density at radius 2 is 1.55 bits per heavy atom. The Kier molecular flexibility index (Phi) is 4.66. The molecule has 114 valence electrons. The molecule has 0 aliphatic carbocycles. The quantitative estimate of drug-likeness (QED) is 0.880. The first-order valence-electron chi connectivity index (χ1n) is 7.90. The highest BCUT2D eigenvalue weighted by Gasteiger charge is 2.23.